The molecule has 0 spiro atoms. The third-order valence-corrected chi connectivity index (χ3v) is 6.33. The molecular formula is C19H14N4O2S2. The fourth-order valence-electron chi connectivity index (χ4n) is 2.99. The van der Waals surface area contributed by atoms with Gasteiger partial charge in [-0.1, -0.05) is 6.07 Å². The molecule has 0 aliphatic carbocycles. The van der Waals surface area contributed by atoms with Gasteiger partial charge in [0.25, 0.3) is 0 Å². The monoisotopic (exact) mass is 394 g/mol. The molecule has 1 aliphatic heterocycles. The second-order valence-electron chi connectivity index (χ2n) is 6.03. The number of furan rings is 1. The highest BCUT2D eigenvalue weighted by atomic mass is 32.2. The minimum atomic E-state index is -0.169. The third kappa shape index (κ3) is 3.00. The second kappa shape index (κ2) is 6.79. The van der Waals surface area contributed by atoms with Gasteiger partial charge in [-0.25, -0.2) is 9.97 Å². The second-order valence-corrected chi connectivity index (χ2v) is 8.14. The number of aromatic amines is 1. The van der Waals surface area contributed by atoms with E-state index in [1.165, 1.54) is 11.3 Å². The van der Waals surface area contributed by atoms with Gasteiger partial charge >= 0.3 is 0 Å². The number of fused-ring (bicyclic) bond motifs is 1. The summed E-state index contributed by atoms with van der Waals surface area (Å²) < 4.78 is 5.51. The van der Waals surface area contributed by atoms with Crippen LogP contribution in [0.2, 0.25) is 0 Å². The van der Waals surface area contributed by atoms with Gasteiger partial charge in [-0.3, -0.25) is 9.78 Å². The average molecular weight is 394 g/mol. The maximum absolute atomic E-state index is 13.0. The molecular weight excluding hydrogens is 380 g/mol. The number of nitrogens with zero attached hydrogens (tertiary/aromatic N) is 3. The predicted molar refractivity (Wildman–Crippen MR) is 105 cm³/mol. The first-order valence-corrected chi connectivity index (χ1v) is 10.4. The van der Waals surface area contributed by atoms with Crippen molar-refractivity contribution in [3.63, 3.8) is 0 Å². The molecule has 0 atom stereocenters. The lowest BCUT2D eigenvalue weighted by Gasteiger charge is -2.07. The Hall–Kier alpha value is -2.71. The van der Waals surface area contributed by atoms with Gasteiger partial charge in [0.2, 0.25) is 5.78 Å². The van der Waals surface area contributed by atoms with Crippen LogP contribution >= 0.6 is 23.1 Å². The van der Waals surface area contributed by atoms with Crippen LogP contribution in [0, 0.1) is 0 Å². The number of ketones is 1. The Bertz CT molecular complexity index is 1080. The molecule has 1 N–H and O–H groups in total. The van der Waals surface area contributed by atoms with Crippen LogP contribution in [0.15, 0.2) is 47.2 Å². The van der Waals surface area contributed by atoms with Gasteiger partial charge in [-0.2, -0.15) is 11.8 Å². The van der Waals surface area contributed by atoms with E-state index < -0.39 is 0 Å². The molecule has 5 rings (SSSR count). The van der Waals surface area contributed by atoms with E-state index in [-0.39, 0.29) is 5.78 Å². The first-order chi connectivity index (χ1) is 13.3. The highest BCUT2D eigenvalue weighted by Gasteiger charge is 2.25. The van der Waals surface area contributed by atoms with Crippen LogP contribution in [-0.2, 0) is 12.2 Å². The summed E-state index contributed by atoms with van der Waals surface area (Å²) >= 11 is 3.21. The van der Waals surface area contributed by atoms with E-state index in [4.69, 9.17) is 9.40 Å². The summed E-state index contributed by atoms with van der Waals surface area (Å²) in [6, 6.07) is 8.88. The normalized spacial score (nSPS) is 13.5. The molecule has 6 nitrogen and oxygen atoms in total. The number of aryl methyl sites for hydroxylation is 1. The zero-order chi connectivity index (χ0) is 18.2. The molecule has 0 radical (unpaired) electrons. The largest absolute Gasteiger partial charge is 0.463 e. The van der Waals surface area contributed by atoms with E-state index >= 15 is 0 Å². The first-order valence-electron chi connectivity index (χ1n) is 8.46. The van der Waals surface area contributed by atoms with E-state index in [0.29, 0.717) is 32.9 Å². The van der Waals surface area contributed by atoms with Crippen molar-refractivity contribution < 1.29 is 9.21 Å². The number of aromatic nitrogens is 4. The van der Waals surface area contributed by atoms with E-state index in [1.54, 1.807) is 42.8 Å². The molecule has 8 heteroatoms. The highest BCUT2D eigenvalue weighted by molar-refractivity contribution is 7.98. The topological polar surface area (TPSA) is 84.7 Å². The van der Waals surface area contributed by atoms with E-state index in [0.717, 1.165) is 29.3 Å². The smallest absolute Gasteiger partial charge is 0.223 e. The van der Waals surface area contributed by atoms with Crippen molar-refractivity contribution >= 4 is 28.9 Å². The van der Waals surface area contributed by atoms with Crippen LogP contribution < -0.4 is 0 Å². The molecule has 0 aromatic carbocycles. The first kappa shape index (κ1) is 16.5. The fraction of sp³-hybridized carbons (Fsp3) is 0.158. The number of H-pyrrole nitrogens is 1. The Morgan fingerprint density at radius 3 is 2.93 bits per heavy atom. The number of carbonyl (C=O) groups is 1. The number of thioether (sulfide) groups is 1. The van der Waals surface area contributed by atoms with Crippen molar-refractivity contribution in [2.45, 2.75) is 12.2 Å². The van der Waals surface area contributed by atoms with Crippen LogP contribution in [0.4, 0.5) is 0 Å². The van der Waals surface area contributed by atoms with E-state index in [1.807, 2.05) is 11.8 Å². The fourth-order valence-corrected chi connectivity index (χ4v) is 4.87. The van der Waals surface area contributed by atoms with Crippen LogP contribution in [0.3, 0.4) is 0 Å². The van der Waals surface area contributed by atoms with Crippen LogP contribution in [0.5, 0.6) is 0 Å². The maximum Gasteiger partial charge on any atom is 0.223 e. The molecule has 0 saturated heterocycles. The summed E-state index contributed by atoms with van der Waals surface area (Å²) in [7, 11) is 0. The number of nitrogens with one attached hydrogen (secondary N) is 1. The summed E-state index contributed by atoms with van der Waals surface area (Å²) in [5, 5.41) is 0.681. The lowest BCUT2D eigenvalue weighted by Crippen LogP contribution is -2.02. The number of imidazole rings is 1. The summed E-state index contributed by atoms with van der Waals surface area (Å²) in [5.74, 6) is 3.11. The Labute approximate surface area is 163 Å². The Morgan fingerprint density at radius 2 is 2.15 bits per heavy atom. The standard InChI is InChI=1S/C19H14N4O2S2/c24-16(12-4-1-2-7-20-12)17-15(14-5-3-8-25-14)23-19(27-17)18-21-11-6-9-26-10-13(11)22-18/h1-5,7-8H,6,9-10H2,(H,21,22). The van der Waals surface area contributed by atoms with Crippen molar-refractivity contribution in [1.82, 2.24) is 19.9 Å². The molecule has 0 amide bonds. The van der Waals surface area contributed by atoms with Gasteiger partial charge in [-0.05, 0) is 30.0 Å². The molecule has 27 heavy (non-hydrogen) atoms. The minimum absolute atomic E-state index is 0.169. The van der Waals surface area contributed by atoms with Crippen molar-refractivity contribution in [3.05, 3.63) is 64.8 Å². The van der Waals surface area contributed by atoms with Gasteiger partial charge in [0.1, 0.15) is 16.3 Å². The average Bonchev–Trinajstić information content (AvgIpc) is 3.46. The van der Waals surface area contributed by atoms with Crippen molar-refractivity contribution in [1.29, 1.82) is 0 Å². The molecule has 4 aromatic heterocycles. The van der Waals surface area contributed by atoms with Gasteiger partial charge < -0.3 is 9.40 Å². The predicted octanol–water partition coefficient (Wildman–Crippen LogP) is 4.21. The van der Waals surface area contributed by atoms with Gasteiger partial charge in [0.05, 0.1) is 12.0 Å². The number of carbonyl (C=O) groups excluding carboxylic acids is 1. The lowest BCUT2D eigenvalue weighted by molar-refractivity contribution is 0.103. The summed E-state index contributed by atoms with van der Waals surface area (Å²) in [5.41, 5.74) is 3.15. The number of hydrogen-bond donors (Lipinski definition) is 1. The van der Waals surface area contributed by atoms with Crippen LogP contribution in [0.1, 0.15) is 26.8 Å². The third-order valence-electron chi connectivity index (χ3n) is 4.28. The Morgan fingerprint density at radius 1 is 1.19 bits per heavy atom. The van der Waals surface area contributed by atoms with Crippen molar-refractivity contribution in [2.75, 3.05) is 5.75 Å². The molecule has 4 aromatic rings. The number of hydrogen-bond acceptors (Lipinski definition) is 7. The van der Waals surface area contributed by atoms with Crippen LogP contribution in [-0.4, -0.2) is 31.5 Å². The number of pyridine rings is 1. The quantitative estimate of drug-likeness (QED) is 0.522. The van der Waals surface area contributed by atoms with Crippen LogP contribution in [0.25, 0.3) is 22.3 Å². The molecule has 0 bridgehead atoms. The van der Waals surface area contributed by atoms with Gasteiger partial charge in [0.15, 0.2) is 16.6 Å². The maximum atomic E-state index is 13.0. The highest BCUT2D eigenvalue weighted by Crippen LogP contribution is 2.35. The Balaban J connectivity index is 1.62. The molecule has 0 unspecified atom stereocenters. The molecule has 0 saturated carbocycles. The van der Waals surface area contributed by atoms with E-state index in [9.17, 15) is 4.79 Å². The SMILES string of the molecule is O=C(c1ccccn1)c1sc(-c2nc3c([nH]2)CSCC3)nc1-c1ccco1. The van der Waals surface area contributed by atoms with Gasteiger partial charge in [0, 0.05) is 24.1 Å². The molecule has 1 aliphatic rings. The summed E-state index contributed by atoms with van der Waals surface area (Å²) in [6.07, 6.45) is 4.14. The van der Waals surface area contributed by atoms with Crippen molar-refractivity contribution in [2.24, 2.45) is 0 Å². The Kier molecular flexibility index (Phi) is 4.14. The zero-order valence-electron chi connectivity index (χ0n) is 14.1. The molecule has 0 fully saturated rings. The van der Waals surface area contributed by atoms with E-state index in [2.05, 4.69) is 15.0 Å². The molecule has 134 valence electrons. The zero-order valence-corrected chi connectivity index (χ0v) is 15.8. The van der Waals surface area contributed by atoms with Crippen molar-refractivity contribution in [3.8, 4) is 22.3 Å². The summed E-state index contributed by atoms with van der Waals surface area (Å²) in [6.45, 7) is 0. The minimum Gasteiger partial charge on any atom is -0.463 e. The summed E-state index contributed by atoms with van der Waals surface area (Å²) in [4.78, 5) is 30.5. The van der Waals surface area contributed by atoms with Gasteiger partial charge in [-0.15, -0.1) is 11.3 Å². The number of rotatable bonds is 4. The lowest BCUT2D eigenvalue weighted by atomic mass is 10.1. The number of thiazole rings is 1. The molecule has 5 heterocycles.